The molecule has 0 bridgehead atoms. The Labute approximate surface area is 193 Å². The Kier molecular flexibility index (Phi) is 6.69. The van der Waals surface area contributed by atoms with Crippen LogP contribution in [0.1, 0.15) is 54.2 Å². The van der Waals surface area contributed by atoms with E-state index < -0.39 is 22.9 Å². The van der Waals surface area contributed by atoms with Crippen molar-refractivity contribution in [3.8, 4) is 0 Å². The van der Waals surface area contributed by atoms with E-state index in [1.54, 1.807) is 6.33 Å². The van der Waals surface area contributed by atoms with Crippen LogP contribution in [0.15, 0.2) is 17.4 Å². The molecule has 2 aromatic rings. The van der Waals surface area contributed by atoms with Gasteiger partial charge in [0.05, 0.1) is 31.5 Å². The molecule has 0 spiro atoms. The topological polar surface area (TPSA) is 91.3 Å². The normalized spacial score (nSPS) is 23.2. The third kappa shape index (κ3) is 4.94. The minimum Gasteiger partial charge on any atom is -0.414 e. The van der Waals surface area contributed by atoms with Gasteiger partial charge in [0.15, 0.2) is 34.0 Å². The number of nitrogens with one attached hydrogen (secondary N) is 1. The van der Waals surface area contributed by atoms with Gasteiger partial charge in [0.2, 0.25) is 0 Å². The highest BCUT2D eigenvalue weighted by atomic mass is 28.4. The quantitative estimate of drug-likeness (QED) is 0.596. The Balaban J connectivity index is 1.89. The first-order valence-corrected chi connectivity index (χ1v) is 17.2. The van der Waals surface area contributed by atoms with Crippen molar-refractivity contribution in [3.63, 3.8) is 0 Å². The van der Waals surface area contributed by atoms with E-state index in [1.165, 1.54) is 6.33 Å². The fraction of sp³-hybridized carbons (Fsp3) is 0.773. The second-order valence-corrected chi connectivity index (χ2v) is 21.5. The molecular formula is C22H40N4O4Si2. The fourth-order valence-electron chi connectivity index (χ4n) is 3.30. The van der Waals surface area contributed by atoms with Gasteiger partial charge in [-0.25, -0.2) is 9.97 Å². The zero-order valence-electron chi connectivity index (χ0n) is 21.3. The molecule has 0 saturated carbocycles. The molecule has 0 aliphatic carbocycles. The second-order valence-electron chi connectivity index (χ2n) is 11.9. The molecule has 8 nitrogen and oxygen atoms in total. The lowest BCUT2D eigenvalue weighted by molar-refractivity contribution is -0.0443. The Bertz CT molecular complexity index is 1000. The molecular weight excluding hydrogens is 440 g/mol. The lowest BCUT2D eigenvalue weighted by Gasteiger charge is -2.39. The molecule has 32 heavy (non-hydrogen) atoms. The van der Waals surface area contributed by atoms with Gasteiger partial charge in [-0.2, -0.15) is 0 Å². The summed E-state index contributed by atoms with van der Waals surface area (Å²) in [6, 6.07) is 0. The molecule has 3 rings (SSSR count). The van der Waals surface area contributed by atoms with Gasteiger partial charge in [0.1, 0.15) is 0 Å². The first-order valence-electron chi connectivity index (χ1n) is 11.4. The molecule has 1 fully saturated rings. The maximum atomic E-state index is 12.2. The van der Waals surface area contributed by atoms with E-state index >= 15 is 0 Å². The van der Waals surface area contributed by atoms with E-state index in [1.807, 2.05) is 4.57 Å². The number of hydrogen-bond donors (Lipinski definition) is 1. The summed E-state index contributed by atoms with van der Waals surface area (Å²) in [6.07, 6.45) is 3.10. The Morgan fingerprint density at radius 3 is 2.31 bits per heavy atom. The molecule has 1 N–H and O–H groups in total. The van der Waals surface area contributed by atoms with Crippen molar-refractivity contribution >= 4 is 27.8 Å². The summed E-state index contributed by atoms with van der Waals surface area (Å²) in [5.74, 6) is 0. The summed E-state index contributed by atoms with van der Waals surface area (Å²) in [7, 11) is -3.96. The molecule has 0 unspecified atom stereocenters. The standard InChI is InChI=1S/C22H40N4O4Si2/c1-21(2,3)31(7,8)28-12-15-11-16(30-32(9,10)22(4,5)6)20(29-15)26-14-25-17-18(26)23-13-24-19(17)27/h13-16,20H,11-12H2,1-10H3,(H,23,24,27)/t15-,16+,20+/m0/s1. The van der Waals surface area contributed by atoms with Gasteiger partial charge in [-0.05, 0) is 36.3 Å². The number of hydrogen-bond acceptors (Lipinski definition) is 6. The highest BCUT2D eigenvalue weighted by Crippen LogP contribution is 2.43. The summed E-state index contributed by atoms with van der Waals surface area (Å²) >= 11 is 0. The van der Waals surface area contributed by atoms with Crippen LogP contribution in [0.5, 0.6) is 0 Å². The van der Waals surface area contributed by atoms with E-state index in [9.17, 15) is 4.79 Å². The Morgan fingerprint density at radius 2 is 1.72 bits per heavy atom. The fourth-order valence-corrected chi connectivity index (χ4v) is 5.66. The SMILES string of the molecule is CC(C)(C)[Si](C)(C)OC[C@@H]1C[C@@H](O[Si](C)(C)C(C)(C)C)[C@H](n2cnc3c(=O)[nH]cnc32)O1. The number of rotatable bonds is 6. The molecule has 3 heterocycles. The smallest absolute Gasteiger partial charge is 0.278 e. The van der Waals surface area contributed by atoms with Crippen LogP contribution in [0.4, 0.5) is 0 Å². The van der Waals surface area contributed by atoms with Gasteiger partial charge < -0.3 is 18.6 Å². The van der Waals surface area contributed by atoms with Crippen molar-refractivity contribution in [1.29, 1.82) is 0 Å². The molecule has 1 aliphatic heterocycles. The summed E-state index contributed by atoms with van der Waals surface area (Å²) in [4.78, 5) is 23.4. The van der Waals surface area contributed by atoms with Crippen molar-refractivity contribution in [3.05, 3.63) is 23.0 Å². The first kappa shape index (κ1) is 25.3. The van der Waals surface area contributed by atoms with Crippen molar-refractivity contribution in [1.82, 2.24) is 19.5 Å². The summed E-state index contributed by atoms with van der Waals surface area (Å²) in [6.45, 7) is 22.9. The molecule has 10 heteroatoms. The Hall–Kier alpha value is -1.34. The van der Waals surface area contributed by atoms with Crippen molar-refractivity contribution in [2.75, 3.05) is 6.61 Å². The summed E-state index contributed by atoms with van der Waals surface area (Å²) in [5, 5.41) is 0.202. The summed E-state index contributed by atoms with van der Waals surface area (Å²) < 4.78 is 21.6. The zero-order valence-corrected chi connectivity index (χ0v) is 23.3. The number of imidazole rings is 1. The van der Waals surface area contributed by atoms with Gasteiger partial charge in [0, 0.05) is 6.42 Å². The lowest BCUT2D eigenvalue weighted by atomic mass is 10.2. The largest absolute Gasteiger partial charge is 0.414 e. The average molecular weight is 481 g/mol. The molecule has 1 aliphatic rings. The van der Waals surface area contributed by atoms with E-state index in [4.69, 9.17) is 13.6 Å². The highest BCUT2D eigenvalue weighted by molar-refractivity contribution is 6.74. The van der Waals surface area contributed by atoms with Crippen LogP contribution in [0.3, 0.4) is 0 Å². The predicted molar refractivity (Wildman–Crippen MR) is 132 cm³/mol. The predicted octanol–water partition coefficient (Wildman–Crippen LogP) is 4.82. The van der Waals surface area contributed by atoms with Crippen LogP contribution in [0.25, 0.3) is 11.2 Å². The number of aromatic amines is 1. The van der Waals surface area contributed by atoms with Crippen LogP contribution in [-0.2, 0) is 13.6 Å². The highest BCUT2D eigenvalue weighted by Gasteiger charge is 2.46. The lowest BCUT2D eigenvalue weighted by Crippen LogP contribution is -2.45. The molecule has 0 aromatic carbocycles. The third-order valence-corrected chi connectivity index (χ3v) is 16.5. The number of fused-ring (bicyclic) bond motifs is 1. The van der Waals surface area contributed by atoms with Crippen LogP contribution < -0.4 is 5.56 Å². The monoisotopic (exact) mass is 480 g/mol. The van der Waals surface area contributed by atoms with Crippen molar-refractivity contribution in [2.45, 2.75) is 103 Å². The molecule has 2 aromatic heterocycles. The number of aromatic nitrogens is 4. The van der Waals surface area contributed by atoms with E-state index in [0.29, 0.717) is 17.8 Å². The van der Waals surface area contributed by atoms with E-state index in [-0.39, 0.29) is 27.8 Å². The average Bonchev–Trinajstić information content (AvgIpc) is 3.22. The molecule has 0 radical (unpaired) electrons. The van der Waals surface area contributed by atoms with Gasteiger partial charge in [-0.1, -0.05) is 41.5 Å². The summed E-state index contributed by atoms with van der Waals surface area (Å²) in [5.41, 5.74) is 0.558. The number of H-pyrrole nitrogens is 1. The van der Waals surface area contributed by atoms with Gasteiger partial charge in [0.25, 0.3) is 5.56 Å². The maximum absolute atomic E-state index is 12.2. The molecule has 180 valence electrons. The van der Waals surface area contributed by atoms with Crippen LogP contribution in [-0.4, -0.2) is 55.0 Å². The minimum absolute atomic E-state index is 0.0691. The maximum Gasteiger partial charge on any atom is 0.278 e. The number of ether oxygens (including phenoxy) is 1. The molecule has 1 saturated heterocycles. The first-order chi connectivity index (χ1) is 14.5. The van der Waals surface area contributed by atoms with Crippen molar-refractivity contribution < 1.29 is 13.6 Å². The third-order valence-electron chi connectivity index (χ3n) is 7.47. The Morgan fingerprint density at radius 1 is 1.09 bits per heavy atom. The minimum atomic E-state index is -2.06. The number of nitrogens with zero attached hydrogens (tertiary/aromatic N) is 3. The second kappa shape index (κ2) is 8.46. The van der Waals surface area contributed by atoms with Gasteiger partial charge in [-0.3, -0.25) is 9.36 Å². The zero-order chi connectivity index (χ0) is 24.1. The van der Waals surface area contributed by atoms with Gasteiger partial charge >= 0.3 is 0 Å². The van der Waals surface area contributed by atoms with Gasteiger partial charge in [-0.15, -0.1) is 0 Å². The van der Waals surface area contributed by atoms with Crippen LogP contribution in [0, 0.1) is 0 Å². The van der Waals surface area contributed by atoms with E-state index in [2.05, 4.69) is 82.7 Å². The molecule has 3 atom stereocenters. The molecule has 0 amide bonds. The van der Waals surface area contributed by atoms with Crippen LogP contribution in [0.2, 0.25) is 36.3 Å². The van der Waals surface area contributed by atoms with Crippen LogP contribution >= 0.6 is 0 Å². The van der Waals surface area contributed by atoms with Crippen molar-refractivity contribution in [2.24, 2.45) is 0 Å². The van der Waals surface area contributed by atoms with E-state index in [0.717, 1.165) is 6.42 Å².